The summed E-state index contributed by atoms with van der Waals surface area (Å²) >= 11 is 7.99. The van der Waals surface area contributed by atoms with E-state index in [0.29, 0.717) is 22.0 Å². The molecule has 7 heteroatoms. The summed E-state index contributed by atoms with van der Waals surface area (Å²) in [4.78, 5) is 23.5. The second-order valence-corrected chi connectivity index (χ2v) is 6.56. The van der Waals surface area contributed by atoms with Gasteiger partial charge in [0, 0.05) is 25.9 Å². The first kappa shape index (κ1) is 16.7. The van der Waals surface area contributed by atoms with Crippen LogP contribution in [0.1, 0.15) is 10.4 Å². The van der Waals surface area contributed by atoms with Crippen molar-refractivity contribution in [2.24, 2.45) is 0 Å². The van der Waals surface area contributed by atoms with Crippen LogP contribution in [0.15, 0.2) is 59.4 Å². The summed E-state index contributed by atoms with van der Waals surface area (Å²) in [5, 5.41) is 9.81. The largest absolute Gasteiger partial charge is 0.322 e. The molecule has 3 aromatic rings. The minimum Gasteiger partial charge on any atom is -0.322 e. The molecule has 3 rings (SSSR count). The monoisotopic (exact) mass is 451 g/mol. The molecule has 0 bridgehead atoms. The molecule has 0 saturated heterocycles. The number of hydrogen-bond donors (Lipinski definition) is 2. The third kappa shape index (κ3) is 3.82. The first-order chi connectivity index (χ1) is 11.5. The topological polar surface area (TPSA) is 74.8 Å². The number of carbonyl (C=O) groups excluding carboxylic acids is 1. The summed E-state index contributed by atoms with van der Waals surface area (Å²) in [5.74, 6) is -0.220. The predicted molar refractivity (Wildman–Crippen MR) is 102 cm³/mol. The Labute approximate surface area is 156 Å². The minimum absolute atomic E-state index is 0.220. The Bertz CT molecular complexity index is 952. The summed E-state index contributed by atoms with van der Waals surface area (Å²) in [5.41, 5.74) is 2.32. The smallest absolute Gasteiger partial charge is 0.264 e. The van der Waals surface area contributed by atoms with E-state index >= 15 is 0 Å². The van der Waals surface area contributed by atoms with Crippen molar-refractivity contribution in [3.8, 4) is 11.3 Å². The van der Waals surface area contributed by atoms with E-state index in [1.165, 1.54) is 6.07 Å². The maximum absolute atomic E-state index is 12.4. The Balaban J connectivity index is 1.85. The first-order valence-electron chi connectivity index (χ1n) is 6.95. The van der Waals surface area contributed by atoms with E-state index in [2.05, 4.69) is 38.1 Å². The molecule has 0 saturated carbocycles. The normalized spacial score (nSPS) is 10.4. The lowest BCUT2D eigenvalue weighted by atomic mass is 10.1. The highest BCUT2D eigenvalue weighted by molar-refractivity contribution is 14.1. The van der Waals surface area contributed by atoms with Crippen LogP contribution in [0.4, 0.5) is 5.69 Å². The maximum atomic E-state index is 12.4. The lowest BCUT2D eigenvalue weighted by Gasteiger charge is -2.09. The lowest BCUT2D eigenvalue weighted by molar-refractivity contribution is 0.102. The molecule has 5 nitrogen and oxygen atoms in total. The van der Waals surface area contributed by atoms with Crippen LogP contribution in [-0.4, -0.2) is 16.1 Å². The Morgan fingerprint density at radius 3 is 2.67 bits per heavy atom. The minimum atomic E-state index is -0.263. The molecule has 0 atom stereocenters. The van der Waals surface area contributed by atoms with Crippen LogP contribution in [0, 0.1) is 3.57 Å². The number of aromatic amines is 1. The fraction of sp³-hybridized carbons (Fsp3) is 0. The predicted octanol–water partition coefficient (Wildman–Crippen LogP) is 3.95. The van der Waals surface area contributed by atoms with Gasteiger partial charge in [-0.1, -0.05) is 23.7 Å². The third-order valence-corrected chi connectivity index (χ3v) is 4.40. The van der Waals surface area contributed by atoms with E-state index in [4.69, 9.17) is 11.6 Å². The highest BCUT2D eigenvalue weighted by atomic mass is 127. The number of aromatic nitrogens is 2. The number of benzene rings is 2. The van der Waals surface area contributed by atoms with Crippen LogP contribution in [-0.2, 0) is 0 Å². The number of rotatable bonds is 3. The quantitative estimate of drug-likeness (QED) is 0.592. The molecular weight excluding hydrogens is 441 g/mol. The van der Waals surface area contributed by atoms with Crippen molar-refractivity contribution in [2.45, 2.75) is 0 Å². The fourth-order valence-electron chi connectivity index (χ4n) is 2.13. The molecule has 0 aliphatic heterocycles. The van der Waals surface area contributed by atoms with Crippen LogP contribution in [0.2, 0.25) is 5.02 Å². The number of carbonyl (C=O) groups is 1. The van der Waals surface area contributed by atoms with Crippen LogP contribution in [0.5, 0.6) is 0 Å². The number of nitrogens with zero attached hydrogens (tertiary/aromatic N) is 1. The number of anilines is 1. The molecule has 0 fully saturated rings. The van der Waals surface area contributed by atoms with Gasteiger partial charge in [0.05, 0.1) is 11.3 Å². The van der Waals surface area contributed by atoms with Crippen molar-refractivity contribution >= 4 is 45.8 Å². The first-order valence-corrected chi connectivity index (χ1v) is 8.41. The van der Waals surface area contributed by atoms with Crippen molar-refractivity contribution < 1.29 is 4.79 Å². The molecule has 0 radical (unpaired) electrons. The molecule has 0 aliphatic carbocycles. The third-order valence-electron chi connectivity index (χ3n) is 3.27. The van der Waals surface area contributed by atoms with Crippen molar-refractivity contribution in [3.05, 3.63) is 79.1 Å². The summed E-state index contributed by atoms with van der Waals surface area (Å²) in [6.07, 6.45) is 0. The Kier molecular flexibility index (Phi) is 4.96. The molecule has 1 aromatic heterocycles. The van der Waals surface area contributed by atoms with E-state index in [1.807, 2.05) is 12.1 Å². The van der Waals surface area contributed by atoms with Gasteiger partial charge < -0.3 is 5.32 Å². The zero-order valence-corrected chi connectivity index (χ0v) is 15.1. The summed E-state index contributed by atoms with van der Waals surface area (Å²) in [6, 6.07) is 15.4. The molecule has 0 spiro atoms. The van der Waals surface area contributed by atoms with Crippen molar-refractivity contribution in [3.63, 3.8) is 0 Å². The number of nitrogens with one attached hydrogen (secondary N) is 2. The van der Waals surface area contributed by atoms with Crippen molar-refractivity contribution in [1.29, 1.82) is 0 Å². The molecular formula is C17H11ClIN3O2. The van der Waals surface area contributed by atoms with Gasteiger partial charge in [0.1, 0.15) is 0 Å². The number of halogens is 2. The second-order valence-electron chi connectivity index (χ2n) is 4.97. The Hall–Kier alpha value is -2.19. The van der Waals surface area contributed by atoms with Gasteiger partial charge >= 0.3 is 0 Å². The second kappa shape index (κ2) is 7.14. The van der Waals surface area contributed by atoms with Crippen LogP contribution in [0.3, 0.4) is 0 Å². The highest BCUT2D eigenvalue weighted by Gasteiger charge is 2.11. The van der Waals surface area contributed by atoms with Gasteiger partial charge in [0.15, 0.2) is 0 Å². The van der Waals surface area contributed by atoms with Crippen molar-refractivity contribution in [1.82, 2.24) is 10.2 Å². The van der Waals surface area contributed by atoms with Crippen LogP contribution < -0.4 is 10.9 Å². The number of hydrogen-bond acceptors (Lipinski definition) is 3. The SMILES string of the molecule is O=C(Nc1cccc(-c2ccc(=O)[nH]n2)c1)c1ccc(Cl)cc1I. The average Bonchev–Trinajstić information content (AvgIpc) is 2.55. The van der Waals surface area contributed by atoms with Crippen LogP contribution in [0.25, 0.3) is 11.3 Å². The van der Waals surface area contributed by atoms with Gasteiger partial charge in [0.2, 0.25) is 0 Å². The summed E-state index contributed by atoms with van der Waals surface area (Å²) in [6.45, 7) is 0. The van der Waals surface area contributed by atoms with Gasteiger partial charge in [-0.2, -0.15) is 5.10 Å². The van der Waals surface area contributed by atoms with E-state index < -0.39 is 0 Å². The standard InChI is InChI=1S/C17H11ClIN3O2/c18-11-4-5-13(14(19)9-11)17(24)20-12-3-1-2-10(8-12)15-6-7-16(23)22-21-15/h1-9H,(H,20,24)(H,22,23). The zero-order valence-electron chi connectivity index (χ0n) is 12.2. The highest BCUT2D eigenvalue weighted by Crippen LogP contribution is 2.22. The van der Waals surface area contributed by atoms with E-state index in [9.17, 15) is 9.59 Å². The van der Waals surface area contributed by atoms with Gasteiger partial charge in [0.25, 0.3) is 11.5 Å². The molecule has 1 amide bonds. The number of H-pyrrole nitrogens is 1. The molecule has 0 unspecified atom stereocenters. The van der Waals surface area contributed by atoms with E-state index in [1.54, 1.807) is 36.4 Å². The van der Waals surface area contributed by atoms with Gasteiger partial charge in [-0.15, -0.1) is 0 Å². The van der Waals surface area contributed by atoms with E-state index in [0.717, 1.165) is 9.13 Å². The Morgan fingerprint density at radius 1 is 1.12 bits per heavy atom. The van der Waals surface area contributed by atoms with Gasteiger partial charge in [-0.25, -0.2) is 5.10 Å². The number of amides is 1. The van der Waals surface area contributed by atoms with Crippen molar-refractivity contribution in [2.75, 3.05) is 5.32 Å². The summed E-state index contributed by atoms with van der Waals surface area (Å²) in [7, 11) is 0. The fourth-order valence-corrected chi connectivity index (χ4v) is 3.25. The molecule has 2 aromatic carbocycles. The Morgan fingerprint density at radius 2 is 1.96 bits per heavy atom. The average molecular weight is 452 g/mol. The molecule has 2 N–H and O–H groups in total. The summed E-state index contributed by atoms with van der Waals surface area (Å²) < 4.78 is 0.774. The molecule has 1 heterocycles. The zero-order chi connectivity index (χ0) is 17.1. The van der Waals surface area contributed by atoms with E-state index in [-0.39, 0.29) is 11.5 Å². The van der Waals surface area contributed by atoms with Crippen LogP contribution >= 0.6 is 34.2 Å². The molecule has 0 aliphatic rings. The maximum Gasteiger partial charge on any atom is 0.264 e. The van der Waals surface area contributed by atoms with Gasteiger partial charge in [-0.05, 0) is 59.0 Å². The van der Waals surface area contributed by atoms with Gasteiger partial charge in [-0.3, -0.25) is 9.59 Å². The lowest BCUT2D eigenvalue weighted by Crippen LogP contribution is -2.13. The molecule has 120 valence electrons. The molecule has 24 heavy (non-hydrogen) atoms.